The topological polar surface area (TPSA) is 39.7 Å². The zero-order valence-electron chi connectivity index (χ0n) is 18.3. The van der Waals surface area contributed by atoms with Gasteiger partial charge in [0, 0.05) is 51.5 Å². The van der Waals surface area contributed by atoms with E-state index in [4.69, 9.17) is 0 Å². The highest BCUT2D eigenvalue weighted by molar-refractivity contribution is 5.94. The van der Waals surface area contributed by atoms with E-state index in [1.165, 1.54) is 5.56 Å². The Morgan fingerprint density at radius 1 is 0.933 bits per heavy atom. The molecular formula is C25H34N4O. The average Bonchev–Trinajstić information content (AvgIpc) is 2.96. The molecule has 0 radical (unpaired) electrons. The standard InChI is InChI=1S/C25H34N4O/c1-20-10-13-28(14-11-20)25(30)23-8-9-24(26-18-23)27-15-12-21(2)29(17-16-27)19-22-6-4-3-5-7-22/h3-9,18,20-21H,10-17,19H2,1-2H3. The minimum Gasteiger partial charge on any atom is -0.355 e. The molecule has 1 unspecified atom stereocenters. The summed E-state index contributed by atoms with van der Waals surface area (Å²) in [5.41, 5.74) is 2.08. The maximum absolute atomic E-state index is 12.8. The second-order valence-electron chi connectivity index (χ2n) is 8.96. The van der Waals surface area contributed by atoms with Crippen molar-refractivity contribution in [3.63, 3.8) is 0 Å². The summed E-state index contributed by atoms with van der Waals surface area (Å²) in [6, 6.07) is 15.2. The van der Waals surface area contributed by atoms with Gasteiger partial charge in [0.2, 0.25) is 0 Å². The minimum absolute atomic E-state index is 0.125. The molecule has 1 aromatic heterocycles. The van der Waals surface area contributed by atoms with Crippen molar-refractivity contribution in [2.45, 2.75) is 45.7 Å². The molecule has 0 aliphatic carbocycles. The third-order valence-corrected chi connectivity index (χ3v) is 6.72. The number of carbonyl (C=O) groups is 1. The fourth-order valence-corrected chi connectivity index (χ4v) is 4.48. The Balaban J connectivity index is 1.36. The minimum atomic E-state index is 0.125. The molecule has 0 bridgehead atoms. The Kier molecular flexibility index (Phi) is 6.68. The molecule has 2 aliphatic rings. The highest BCUT2D eigenvalue weighted by atomic mass is 16.2. The highest BCUT2D eigenvalue weighted by Crippen LogP contribution is 2.21. The van der Waals surface area contributed by atoms with Gasteiger partial charge in [0.1, 0.15) is 5.82 Å². The summed E-state index contributed by atoms with van der Waals surface area (Å²) < 4.78 is 0. The van der Waals surface area contributed by atoms with Crippen LogP contribution in [0.3, 0.4) is 0 Å². The van der Waals surface area contributed by atoms with Crippen LogP contribution in [-0.2, 0) is 6.54 Å². The van der Waals surface area contributed by atoms with Crippen LogP contribution in [0.25, 0.3) is 0 Å². The number of nitrogens with zero attached hydrogens (tertiary/aromatic N) is 4. The van der Waals surface area contributed by atoms with E-state index >= 15 is 0 Å². The smallest absolute Gasteiger partial charge is 0.255 e. The molecule has 1 aromatic carbocycles. The number of pyridine rings is 1. The number of aromatic nitrogens is 1. The van der Waals surface area contributed by atoms with Gasteiger partial charge >= 0.3 is 0 Å². The molecule has 0 saturated carbocycles. The van der Waals surface area contributed by atoms with Gasteiger partial charge in [-0.1, -0.05) is 37.3 Å². The third-order valence-electron chi connectivity index (χ3n) is 6.72. The molecule has 1 amide bonds. The molecule has 0 N–H and O–H groups in total. The fourth-order valence-electron chi connectivity index (χ4n) is 4.48. The van der Waals surface area contributed by atoms with Crippen molar-refractivity contribution in [3.05, 3.63) is 59.8 Å². The lowest BCUT2D eigenvalue weighted by atomic mass is 9.99. The van der Waals surface area contributed by atoms with Crippen LogP contribution in [0.1, 0.15) is 49.0 Å². The predicted octanol–water partition coefficient (Wildman–Crippen LogP) is 4.05. The lowest BCUT2D eigenvalue weighted by Gasteiger charge is -2.30. The summed E-state index contributed by atoms with van der Waals surface area (Å²) in [5.74, 6) is 1.83. The van der Waals surface area contributed by atoms with Gasteiger partial charge in [-0.15, -0.1) is 0 Å². The summed E-state index contributed by atoms with van der Waals surface area (Å²) in [6.07, 6.45) is 5.08. The van der Waals surface area contributed by atoms with Crippen LogP contribution in [0.2, 0.25) is 0 Å². The van der Waals surface area contributed by atoms with E-state index in [0.717, 1.165) is 70.3 Å². The first-order valence-corrected chi connectivity index (χ1v) is 11.4. The first-order chi connectivity index (χ1) is 14.6. The van der Waals surface area contributed by atoms with Gasteiger partial charge in [-0.05, 0) is 49.8 Å². The van der Waals surface area contributed by atoms with Crippen molar-refractivity contribution in [1.29, 1.82) is 0 Å². The van der Waals surface area contributed by atoms with E-state index in [-0.39, 0.29) is 5.91 Å². The van der Waals surface area contributed by atoms with Crippen molar-refractivity contribution in [2.75, 3.05) is 37.6 Å². The van der Waals surface area contributed by atoms with E-state index in [9.17, 15) is 4.79 Å². The zero-order chi connectivity index (χ0) is 20.9. The van der Waals surface area contributed by atoms with E-state index in [1.807, 2.05) is 17.0 Å². The summed E-state index contributed by atoms with van der Waals surface area (Å²) in [4.78, 5) is 24.3. The summed E-state index contributed by atoms with van der Waals surface area (Å²) >= 11 is 0. The molecule has 3 heterocycles. The van der Waals surface area contributed by atoms with E-state index in [0.29, 0.717) is 11.6 Å². The second kappa shape index (κ2) is 9.61. The van der Waals surface area contributed by atoms with Crippen LogP contribution in [0.5, 0.6) is 0 Å². The van der Waals surface area contributed by atoms with Gasteiger partial charge in [0.25, 0.3) is 5.91 Å². The Bertz CT molecular complexity index is 815. The fraction of sp³-hybridized carbons (Fsp3) is 0.520. The van der Waals surface area contributed by atoms with Crippen LogP contribution in [0.4, 0.5) is 5.82 Å². The predicted molar refractivity (Wildman–Crippen MR) is 122 cm³/mol. The van der Waals surface area contributed by atoms with Crippen molar-refractivity contribution in [1.82, 2.24) is 14.8 Å². The summed E-state index contributed by atoms with van der Waals surface area (Å²) in [6.45, 7) is 10.3. The van der Waals surface area contributed by atoms with Crippen LogP contribution in [0, 0.1) is 5.92 Å². The first kappa shape index (κ1) is 20.9. The van der Waals surface area contributed by atoms with Gasteiger partial charge in [0.15, 0.2) is 0 Å². The van der Waals surface area contributed by atoms with Crippen molar-refractivity contribution in [3.8, 4) is 0 Å². The van der Waals surface area contributed by atoms with Crippen LogP contribution >= 0.6 is 0 Å². The molecule has 5 heteroatoms. The molecular weight excluding hydrogens is 372 g/mol. The van der Waals surface area contributed by atoms with Crippen molar-refractivity contribution >= 4 is 11.7 Å². The van der Waals surface area contributed by atoms with Gasteiger partial charge in [-0.2, -0.15) is 0 Å². The van der Waals surface area contributed by atoms with Gasteiger partial charge < -0.3 is 9.80 Å². The number of carbonyl (C=O) groups excluding carboxylic acids is 1. The molecule has 30 heavy (non-hydrogen) atoms. The van der Waals surface area contributed by atoms with E-state index < -0.39 is 0 Å². The van der Waals surface area contributed by atoms with Gasteiger partial charge in [-0.3, -0.25) is 9.69 Å². The molecule has 5 nitrogen and oxygen atoms in total. The molecule has 4 rings (SSSR count). The summed E-state index contributed by atoms with van der Waals surface area (Å²) in [5, 5.41) is 0. The normalized spacial score (nSPS) is 21.5. The number of piperidine rings is 1. The molecule has 2 aliphatic heterocycles. The Morgan fingerprint density at radius 3 is 2.40 bits per heavy atom. The lowest BCUT2D eigenvalue weighted by Crippen LogP contribution is -2.38. The Morgan fingerprint density at radius 2 is 1.70 bits per heavy atom. The molecule has 2 saturated heterocycles. The number of amides is 1. The quantitative estimate of drug-likeness (QED) is 0.768. The SMILES string of the molecule is CC1CCN(C(=O)c2ccc(N3CCC(C)N(Cc4ccccc4)CC3)nc2)CC1. The molecule has 0 spiro atoms. The number of rotatable bonds is 4. The second-order valence-corrected chi connectivity index (χ2v) is 8.96. The number of hydrogen-bond donors (Lipinski definition) is 0. The van der Waals surface area contributed by atoms with Gasteiger partial charge in [0.05, 0.1) is 5.56 Å². The van der Waals surface area contributed by atoms with Crippen LogP contribution < -0.4 is 4.90 Å². The third kappa shape index (κ3) is 5.01. The number of hydrogen-bond acceptors (Lipinski definition) is 4. The van der Waals surface area contributed by atoms with Crippen LogP contribution in [-0.4, -0.2) is 59.5 Å². The number of anilines is 1. The largest absolute Gasteiger partial charge is 0.355 e. The monoisotopic (exact) mass is 406 g/mol. The maximum Gasteiger partial charge on any atom is 0.255 e. The molecule has 160 valence electrons. The van der Waals surface area contributed by atoms with E-state index in [1.54, 1.807) is 6.20 Å². The molecule has 2 fully saturated rings. The maximum atomic E-state index is 12.8. The zero-order valence-corrected chi connectivity index (χ0v) is 18.3. The number of benzene rings is 1. The molecule has 1 atom stereocenters. The Labute approximate surface area is 180 Å². The summed E-state index contributed by atoms with van der Waals surface area (Å²) in [7, 11) is 0. The molecule has 2 aromatic rings. The van der Waals surface area contributed by atoms with Gasteiger partial charge in [-0.25, -0.2) is 4.98 Å². The van der Waals surface area contributed by atoms with Crippen molar-refractivity contribution in [2.24, 2.45) is 5.92 Å². The van der Waals surface area contributed by atoms with E-state index in [2.05, 4.69) is 59.0 Å². The highest BCUT2D eigenvalue weighted by Gasteiger charge is 2.24. The lowest BCUT2D eigenvalue weighted by molar-refractivity contribution is 0.0697. The number of likely N-dealkylation sites (tertiary alicyclic amines) is 1. The Hall–Kier alpha value is -2.40. The van der Waals surface area contributed by atoms with Crippen molar-refractivity contribution < 1.29 is 4.79 Å². The average molecular weight is 407 g/mol. The van der Waals surface area contributed by atoms with Crippen LogP contribution in [0.15, 0.2) is 48.7 Å². The first-order valence-electron chi connectivity index (χ1n) is 11.4.